The van der Waals surface area contributed by atoms with Crippen LogP contribution in [0.4, 0.5) is 0 Å². The summed E-state index contributed by atoms with van der Waals surface area (Å²) in [5.74, 6) is 0. The predicted octanol–water partition coefficient (Wildman–Crippen LogP) is 8.09. The minimum atomic E-state index is 0.924. The fourth-order valence-electron chi connectivity index (χ4n) is 6.07. The topological polar surface area (TPSA) is 17.6 Å². The zero-order valence-corrected chi connectivity index (χ0v) is 24.8. The number of fused-ring (bicyclic) bond motifs is 2. The fourth-order valence-corrected chi connectivity index (χ4v) is 6.07. The van der Waals surface area contributed by atoms with Crippen molar-refractivity contribution in [1.29, 1.82) is 0 Å². The van der Waals surface area contributed by atoms with E-state index in [1.165, 1.54) is 84.0 Å². The number of hydrogen-bond donors (Lipinski definition) is 0. The molecule has 0 aliphatic rings. The van der Waals surface area contributed by atoms with Crippen LogP contribution in [0, 0.1) is 0 Å². The van der Waals surface area contributed by atoms with Gasteiger partial charge in [-0.3, -0.25) is 0 Å². The minimum absolute atomic E-state index is 0.924. The number of benzene rings is 4. The molecule has 2 heterocycles. The second-order valence-electron chi connectivity index (χ2n) is 11.8. The lowest BCUT2D eigenvalue weighted by Crippen LogP contribution is -2.31. The summed E-state index contributed by atoms with van der Waals surface area (Å²) >= 11 is 0. The number of aromatic nitrogens is 4. The van der Waals surface area contributed by atoms with Crippen molar-refractivity contribution in [2.75, 3.05) is 0 Å². The van der Waals surface area contributed by atoms with Crippen LogP contribution in [-0.2, 0) is 26.2 Å². The summed E-state index contributed by atoms with van der Waals surface area (Å²) in [6.07, 6.45) is 24.0. The largest absolute Gasteiger partial charge is 0.244 e. The van der Waals surface area contributed by atoms with E-state index in [4.69, 9.17) is 0 Å². The Kier molecular flexibility index (Phi) is 9.41. The van der Waals surface area contributed by atoms with Crippen LogP contribution in [0.15, 0.2) is 122 Å². The molecule has 6 aromatic rings. The van der Waals surface area contributed by atoms with Crippen molar-refractivity contribution in [2.24, 2.45) is 0 Å². The molecular weight excluding hydrogens is 512 g/mol. The van der Waals surface area contributed by atoms with Gasteiger partial charge in [-0.2, -0.15) is 0 Å². The van der Waals surface area contributed by atoms with Crippen molar-refractivity contribution in [2.45, 2.75) is 77.5 Å². The van der Waals surface area contributed by atoms with Gasteiger partial charge in [0.15, 0.2) is 0 Å². The molecule has 2 aromatic heterocycles. The van der Waals surface area contributed by atoms with Crippen molar-refractivity contribution >= 4 is 21.5 Å². The van der Waals surface area contributed by atoms with Gasteiger partial charge in [0.1, 0.15) is 37.9 Å². The van der Waals surface area contributed by atoms with Gasteiger partial charge in [0.2, 0.25) is 12.7 Å². The number of unbranched alkanes of at least 4 members (excludes halogenated alkanes) is 7. The van der Waals surface area contributed by atoms with E-state index >= 15 is 0 Å². The predicted molar refractivity (Wildman–Crippen MR) is 172 cm³/mol. The normalized spacial score (nSPS) is 11.5. The Labute approximate surface area is 250 Å². The van der Waals surface area contributed by atoms with Gasteiger partial charge in [-0.05, 0) is 70.5 Å². The molecule has 4 nitrogen and oxygen atoms in total. The standard InChI is InChI=1S/C38H44N4/c1(3-5-11-21-39-23-25-41(31-39)29-33-17-19-35-13-7-9-15-37(35)27-33)2-4-6-12-22-40-24-26-42(32-40)30-34-18-20-36-14-8-10-16-38(36)28-34/h7-10,13-20,23-28,31-32H,1-6,11-12,21-22,29-30H2/q+2. The third kappa shape index (κ3) is 7.76. The van der Waals surface area contributed by atoms with Gasteiger partial charge in [-0.15, -0.1) is 0 Å². The Morgan fingerprint density at radius 3 is 1.29 bits per heavy atom. The van der Waals surface area contributed by atoms with E-state index in [1.54, 1.807) is 0 Å². The molecule has 0 radical (unpaired) electrons. The van der Waals surface area contributed by atoms with Crippen LogP contribution in [0.5, 0.6) is 0 Å². The smallest absolute Gasteiger partial charge is 0.237 e. The number of imidazole rings is 2. The highest BCUT2D eigenvalue weighted by atomic mass is 15.1. The average Bonchev–Trinajstić information content (AvgIpc) is 3.67. The second kappa shape index (κ2) is 14.1. The van der Waals surface area contributed by atoms with Crippen LogP contribution in [0.25, 0.3) is 21.5 Å². The van der Waals surface area contributed by atoms with E-state index in [-0.39, 0.29) is 0 Å². The van der Waals surface area contributed by atoms with Crippen LogP contribution in [0.3, 0.4) is 0 Å². The molecule has 214 valence electrons. The molecule has 4 heteroatoms. The van der Waals surface area contributed by atoms with Crippen molar-refractivity contribution in [3.63, 3.8) is 0 Å². The molecule has 0 aliphatic carbocycles. The zero-order valence-electron chi connectivity index (χ0n) is 24.8. The Morgan fingerprint density at radius 2 is 0.833 bits per heavy atom. The van der Waals surface area contributed by atoms with Gasteiger partial charge in [0.05, 0.1) is 13.1 Å². The van der Waals surface area contributed by atoms with Crippen molar-refractivity contribution in [1.82, 2.24) is 9.13 Å². The first-order valence-electron chi connectivity index (χ1n) is 15.8. The first-order valence-corrected chi connectivity index (χ1v) is 15.8. The molecule has 0 atom stereocenters. The molecule has 0 bridgehead atoms. The Morgan fingerprint density at radius 1 is 0.429 bits per heavy atom. The maximum absolute atomic E-state index is 2.34. The average molecular weight is 557 g/mol. The van der Waals surface area contributed by atoms with E-state index in [9.17, 15) is 0 Å². The molecule has 0 amide bonds. The van der Waals surface area contributed by atoms with Gasteiger partial charge < -0.3 is 0 Å². The summed E-state index contributed by atoms with van der Waals surface area (Å²) in [6, 6.07) is 30.7. The summed E-state index contributed by atoms with van der Waals surface area (Å²) in [4.78, 5) is 0. The Hall–Kier alpha value is -4.18. The molecule has 6 rings (SSSR count). The number of aryl methyl sites for hydroxylation is 2. The van der Waals surface area contributed by atoms with Gasteiger partial charge in [-0.25, -0.2) is 18.3 Å². The molecule has 0 spiro atoms. The molecule has 0 saturated heterocycles. The Balaban J connectivity index is 0.811. The molecule has 0 saturated carbocycles. The third-order valence-corrected chi connectivity index (χ3v) is 8.43. The van der Waals surface area contributed by atoms with Crippen molar-refractivity contribution in [3.8, 4) is 0 Å². The molecule has 0 N–H and O–H groups in total. The van der Waals surface area contributed by atoms with Crippen LogP contribution in [0.2, 0.25) is 0 Å². The summed E-state index contributed by atoms with van der Waals surface area (Å²) in [7, 11) is 0. The number of hydrogen-bond acceptors (Lipinski definition) is 0. The van der Waals surface area contributed by atoms with E-state index in [0.717, 1.165) is 26.2 Å². The van der Waals surface area contributed by atoms with E-state index < -0.39 is 0 Å². The maximum Gasteiger partial charge on any atom is 0.244 e. The lowest BCUT2D eigenvalue weighted by atomic mass is 10.1. The molecule has 0 fully saturated rings. The quantitative estimate of drug-likeness (QED) is 0.0899. The second-order valence-corrected chi connectivity index (χ2v) is 11.8. The third-order valence-electron chi connectivity index (χ3n) is 8.43. The minimum Gasteiger partial charge on any atom is -0.237 e. The van der Waals surface area contributed by atoms with Gasteiger partial charge in [0, 0.05) is 0 Å². The van der Waals surface area contributed by atoms with Gasteiger partial charge >= 0.3 is 0 Å². The molecular formula is C38H44N4+2. The van der Waals surface area contributed by atoms with Gasteiger partial charge in [-0.1, -0.05) is 98.5 Å². The summed E-state index contributed by atoms with van der Waals surface area (Å²) in [6.45, 7) is 4.08. The molecule has 0 unspecified atom stereocenters. The summed E-state index contributed by atoms with van der Waals surface area (Å²) < 4.78 is 9.27. The van der Waals surface area contributed by atoms with Crippen molar-refractivity contribution < 1.29 is 9.13 Å². The first kappa shape index (κ1) is 28.0. The zero-order chi connectivity index (χ0) is 28.4. The van der Waals surface area contributed by atoms with E-state index in [2.05, 4.69) is 141 Å². The monoisotopic (exact) mass is 556 g/mol. The van der Waals surface area contributed by atoms with E-state index in [1.807, 2.05) is 0 Å². The highest BCUT2D eigenvalue weighted by Gasteiger charge is 2.07. The van der Waals surface area contributed by atoms with Gasteiger partial charge in [0.25, 0.3) is 0 Å². The summed E-state index contributed by atoms with van der Waals surface area (Å²) in [5.41, 5.74) is 2.70. The SMILES string of the molecule is c1ccc2cc(C[n+]3ccn(CCCCCCCCCCn4cc[n+](Cc5ccc6ccccc6c5)c4)c3)ccc2c1. The molecule has 4 aromatic carbocycles. The number of rotatable bonds is 15. The van der Waals surface area contributed by atoms with Crippen LogP contribution in [-0.4, -0.2) is 9.13 Å². The molecule has 42 heavy (non-hydrogen) atoms. The summed E-state index contributed by atoms with van der Waals surface area (Å²) in [5, 5.41) is 5.25. The fraction of sp³-hybridized carbons (Fsp3) is 0.316. The Bertz CT molecular complexity index is 1580. The van der Waals surface area contributed by atoms with Crippen LogP contribution >= 0.6 is 0 Å². The molecule has 0 aliphatic heterocycles. The highest BCUT2D eigenvalue weighted by Crippen LogP contribution is 2.17. The van der Waals surface area contributed by atoms with Crippen LogP contribution in [0.1, 0.15) is 62.5 Å². The van der Waals surface area contributed by atoms with Crippen molar-refractivity contribution in [3.05, 3.63) is 133 Å². The first-order chi connectivity index (χ1) is 20.8. The van der Waals surface area contributed by atoms with E-state index in [0.29, 0.717) is 0 Å². The highest BCUT2D eigenvalue weighted by molar-refractivity contribution is 5.83. The lowest BCUT2D eigenvalue weighted by Gasteiger charge is -2.02. The lowest BCUT2D eigenvalue weighted by molar-refractivity contribution is -0.688. The maximum atomic E-state index is 2.34. The number of nitrogens with zero attached hydrogens (tertiary/aromatic N) is 4. The van der Waals surface area contributed by atoms with Crippen LogP contribution < -0.4 is 9.13 Å².